The van der Waals surface area contributed by atoms with Crippen LogP contribution >= 0.6 is 0 Å². The standard InChI is InChI=1S/C22H22N4.C15H10N.Ir/c1-3-9-21(10-4-1)25-17-15-23(19-25)13-7-8-14-24-16-18-26(20-24)22-11-5-2-6-12-22;1-2-7-13(8-3-1)15-14-9-5-4-6-12(14)10-11-16-15;/h1-6,9,11,15-20H,7-8,13-14H2;1-7,9-11H;/q-4;-1;. The Bertz CT molecular complexity index is 1540. The molecule has 4 aromatic carbocycles. The van der Waals surface area contributed by atoms with Gasteiger partial charge in [-0.3, -0.25) is 0 Å². The van der Waals surface area contributed by atoms with Gasteiger partial charge in [-0.05, 0) is 73.3 Å². The molecule has 1 aromatic heterocycles. The van der Waals surface area contributed by atoms with Crippen LogP contribution < -0.4 is 9.80 Å². The molecule has 1 radical (unpaired) electrons. The monoisotopic (exact) mass is 739 g/mol. The average molecular weight is 739 g/mol. The SMILES string of the molecule is [Ir].[c-]1ccccc1-c1nccc2ccccc12.[c-]1ccccc1N1C=CN(CCCCN2C=CN(c3[c-]cccc3)[CH-]2)[CH-]1. The second-order valence-electron chi connectivity index (χ2n) is 9.98. The fourth-order valence-electron chi connectivity index (χ4n) is 4.89. The van der Waals surface area contributed by atoms with Gasteiger partial charge >= 0.3 is 0 Å². The van der Waals surface area contributed by atoms with Crippen molar-refractivity contribution in [2.75, 3.05) is 22.9 Å². The van der Waals surface area contributed by atoms with Gasteiger partial charge in [0.2, 0.25) is 0 Å². The third-order valence-electron chi connectivity index (χ3n) is 7.05. The molecule has 0 spiro atoms. The van der Waals surface area contributed by atoms with Gasteiger partial charge in [0.25, 0.3) is 0 Å². The Morgan fingerprint density at radius 3 is 1.70 bits per heavy atom. The molecule has 0 unspecified atom stereocenters. The Morgan fingerprint density at radius 2 is 1.14 bits per heavy atom. The van der Waals surface area contributed by atoms with Gasteiger partial charge in [-0.1, -0.05) is 24.3 Å². The molecule has 0 saturated heterocycles. The molecule has 0 fully saturated rings. The Hall–Kier alpha value is -4.38. The first-order chi connectivity index (χ1) is 20.8. The minimum Gasteiger partial charge on any atom is -0.508 e. The minimum absolute atomic E-state index is 0. The van der Waals surface area contributed by atoms with E-state index >= 15 is 0 Å². The van der Waals surface area contributed by atoms with Crippen molar-refractivity contribution >= 4 is 22.1 Å². The molecule has 2 aliphatic heterocycles. The van der Waals surface area contributed by atoms with Crippen molar-refractivity contribution in [3.05, 3.63) is 166 Å². The van der Waals surface area contributed by atoms with E-state index in [-0.39, 0.29) is 20.1 Å². The largest absolute Gasteiger partial charge is 0.508 e. The molecule has 5 nitrogen and oxygen atoms in total. The van der Waals surface area contributed by atoms with Crippen LogP contribution in [0.5, 0.6) is 0 Å². The van der Waals surface area contributed by atoms with Gasteiger partial charge in [0, 0.05) is 26.3 Å². The molecule has 0 amide bonds. The van der Waals surface area contributed by atoms with E-state index in [1.807, 2.05) is 85.1 Å². The van der Waals surface area contributed by atoms with Crippen LogP contribution in [0.4, 0.5) is 11.4 Å². The summed E-state index contributed by atoms with van der Waals surface area (Å²) in [6, 6.07) is 44.0. The van der Waals surface area contributed by atoms with Crippen LogP contribution in [0, 0.1) is 31.5 Å². The second kappa shape index (κ2) is 15.2. The molecule has 0 atom stereocenters. The van der Waals surface area contributed by atoms with E-state index in [4.69, 9.17) is 0 Å². The Morgan fingerprint density at radius 1 is 0.581 bits per heavy atom. The number of fused-ring (bicyclic) bond motifs is 1. The van der Waals surface area contributed by atoms with Crippen molar-refractivity contribution < 1.29 is 20.1 Å². The quantitative estimate of drug-likeness (QED) is 0.119. The maximum atomic E-state index is 4.45. The van der Waals surface area contributed by atoms with E-state index in [9.17, 15) is 0 Å². The molecule has 0 aliphatic carbocycles. The summed E-state index contributed by atoms with van der Waals surface area (Å²) in [5.41, 5.74) is 4.18. The average Bonchev–Trinajstić information content (AvgIpc) is 3.75. The van der Waals surface area contributed by atoms with Crippen molar-refractivity contribution in [1.29, 1.82) is 0 Å². The van der Waals surface area contributed by atoms with Crippen molar-refractivity contribution in [3.63, 3.8) is 0 Å². The van der Waals surface area contributed by atoms with E-state index in [1.165, 1.54) is 10.8 Å². The molecular formula is C37H32IrN5-5. The van der Waals surface area contributed by atoms with Crippen LogP contribution in [0.15, 0.2) is 134 Å². The summed E-state index contributed by atoms with van der Waals surface area (Å²) in [6.45, 7) is 6.29. The predicted octanol–water partition coefficient (Wildman–Crippen LogP) is 7.89. The van der Waals surface area contributed by atoms with Crippen LogP contribution in [0.3, 0.4) is 0 Å². The number of aromatic nitrogens is 1. The summed E-state index contributed by atoms with van der Waals surface area (Å²) in [7, 11) is 0. The number of unbranched alkanes of at least 4 members (excludes halogenated alkanes) is 1. The molecular weight excluding hydrogens is 707 g/mol. The predicted molar refractivity (Wildman–Crippen MR) is 171 cm³/mol. The summed E-state index contributed by atoms with van der Waals surface area (Å²) >= 11 is 0. The summed E-state index contributed by atoms with van der Waals surface area (Å²) in [5, 5.41) is 2.39. The van der Waals surface area contributed by atoms with E-state index in [1.54, 1.807) is 0 Å². The summed E-state index contributed by atoms with van der Waals surface area (Å²) < 4.78 is 0. The Kier molecular flexibility index (Phi) is 10.6. The summed E-state index contributed by atoms with van der Waals surface area (Å²) in [4.78, 5) is 13.1. The van der Waals surface area contributed by atoms with Crippen LogP contribution in [0.25, 0.3) is 22.0 Å². The van der Waals surface area contributed by atoms with Crippen molar-refractivity contribution in [2.45, 2.75) is 12.8 Å². The summed E-state index contributed by atoms with van der Waals surface area (Å²) in [5.74, 6) is 0. The van der Waals surface area contributed by atoms with E-state index in [0.717, 1.165) is 48.6 Å². The van der Waals surface area contributed by atoms with Crippen molar-refractivity contribution in [2.24, 2.45) is 0 Å². The Balaban J connectivity index is 0.000000186. The number of hydrogen-bond acceptors (Lipinski definition) is 5. The van der Waals surface area contributed by atoms with Gasteiger partial charge in [-0.2, -0.15) is 74.0 Å². The topological polar surface area (TPSA) is 25.9 Å². The van der Waals surface area contributed by atoms with E-state index < -0.39 is 0 Å². The van der Waals surface area contributed by atoms with Gasteiger partial charge in [-0.25, -0.2) is 0 Å². The van der Waals surface area contributed by atoms with Crippen molar-refractivity contribution in [1.82, 2.24) is 14.8 Å². The van der Waals surface area contributed by atoms with Gasteiger partial charge in [0.05, 0.1) is 0 Å². The van der Waals surface area contributed by atoms with Gasteiger partial charge < -0.3 is 24.6 Å². The number of anilines is 2. The number of hydrogen-bond donors (Lipinski definition) is 0. The zero-order chi connectivity index (χ0) is 28.4. The third kappa shape index (κ3) is 7.92. The number of para-hydroxylation sites is 2. The van der Waals surface area contributed by atoms with Crippen LogP contribution in [-0.4, -0.2) is 27.9 Å². The number of rotatable bonds is 8. The molecule has 2 aliphatic rings. The van der Waals surface area contributed by atoms with Crippen LogP contribution in [-0.2, 0) is 20.1 Å². The first kappa shape index (κ1) is 30.1. The maximum absolute atomic E-state index is 4.45. The maximum Gasteiger partial charge on any atom is 0.0167 e. The Labute approximate surface area is 268 Å². The van der Waals surface area contributed by atoms with Gasteiger partial charge in [-0.15, -0.1) is 47.3 Å². The minimum atomic E-state index is 0. The third-order valence-corrected chi connectivity index (χ3v) is 7.05. The zero-order valence-electron chi connectivity index (χ0n) is 23.8. The smallest absolute Gasteiger partial charge is 0.0167 e. The number of pyridine rings is 1. The number of benzene rings is 4. The fourth-order valence-corrected chi connectivity index (χ4v) is 4.89. The van der Waals surface area contributed by atoms with Gasteiger partial charge in [0.1, 0.15) is 0 Å². The molecule has 3 heterocycles. The van der Waals surface area contributed by atoms with E-state index in [0.29, 0.717) is 0 Å². The molecule has 0 bridgehead atoms. The first-order valence-corrected chi connectivity index (χ1v) is 14.2. The molecule has 7 rings (SSSR count). The molecule has 0 saturated carbocycles. The van der Waals surface area contributed by atoms with Crippen LogP contribution in [0.2, 0.25) is 0 Å². The van der Waals surface area contributed by atoms with Crippen LogP contribution in [0.1, 0.15) is 12.8 Å². The normalized spacial score (nSPS) is 13.7. The molecule has 0 N–H and O–H groups in total. The summed E-state index contributed by atoms with van der Waals surface area (Å²) in [6.07, 6.45) is 12.5. The molecule has 43 heavy (non-hydrogen) atoms. The number of nitrogens with zero attached hydrogens (tertiary/aromatic N) is 5. The fraction of sp³-hybridized carbons (Fsp3) is 0.108. The zero-order valence-corrected chi connectivity index (χ0v) is 26.1. The second-order valence-corrected chi connectivity index (χ2v) is 9.98. The van der Waals surface area contributed by atoms with Gasteiger partial charge in [0.15, 0.2) is 0 Å². The first-order valence-electron chi connectivity index (χ1n) is 14.2. The molecule has 5 aromatic rings. The van der Waals surface area contributed by atoms with E-state index in [2.05, 4.69) is 105 Å². The molecule has 219 valence electrons. The van der Waals surface area contributed by atoms with Crippen molar-refractivity contribution in [3.8, 4) is 11.3 Å². The molecule has 6 heteroatoms.